The fourth-order valence-corrected chi connectivity index (χ4v) is 5.14. The maximum Gasteiger partial charge on any atom is 0.254 e. The number of piperazine rings is 1. The Labute approximate surface area is 230 Å². The van der Waals surface area contributed by atoms with Crippen molar-refractivity contribution in [3.63, 3.8) is 0 Å². The Kier molecular flexibility index (Phi) is 8.07. The number of nitrogens with one attached hydrogen (secondary N) is 1. The third kappa shape index (κ3) is 6.04. The summed E-state index contributed by atoms with van der Waals surface area (Å²) >= 11 is 1.24. The van der Waals surface area contributed by atoms with E-state index in [9.17, 15) is 9.59 Å². The first-order valence-electron chi connectivity index (χ1n) is 12.6. The number of hydrogen-bond acceptors (Lipinski definition) is 8. The van der Waals surface area contributed by atoms with Crippen molar-refractivity contribution < 1.29 is 14.3 Å². The number of anilines is 2. The summed E-state index contributed by atoms with van der Waals surface area (Å²) in [5.74, 6) is 0.704. The van der Waals surface area contributed by atoms with Crippen LogP contribution in [0.25, 0.3) is 5.69 Å². The highest BCUT2D eigenvalue weighted by atomic mass is 32.2. The summed E-state index contributed by atoms with van der Waals surface area (Å²) in [5.41, 5.74) is 4.23. The van der Waals surface area contributed by atoms with Crippen LogP contribution in [0.4, 0.5) is 11.4 Å². The summed E-state index contributed by atoms with van der Waals surface area (Å²) in [4.78, 5) is 29.7. The molecular weight excluding hydrogens is 514 g/mol. The number of methoxy groups -OCH3 is 1. The fraction of sp³-hybridized carbons (Fsp3) is 0.250. The second kappa shape index (κ2) is 12.0. The van der Waals surface area contributed by atoms with Crippen molar-refractivity contribution in [2.45, 2.75) is 12.1 Å². The molecule has 200 valence electrons. The Morgan fingerprint density at radius 1 is 0.949 bits per heavy atom. The van der Waals surface area contributed by atoms with Crippen LogP contribution in [0.1, 0.15) is 15.9 Å². The molecule has 1 saturated heterocycles. The highest BCUT2D eigenvalue weighted by Gasteiger charge is 2.23. The molecule has 1 aliphatic heterocycles. The summed E-state index contributed by atoms with van der Waals surface area (Å²) in [5, 5.41) is 15.3. The van der Waals surface area contributed by atoms with Crippen LogP contribution in [0, 0.1) is 6.92 Å². The predicted molar refractivity (Wildman–Crippen MR) is 151 cm³/mol. The molecule has 5 rings (SSSR count). The van der Waals surface area contributed by atoms with E-state index < -0.39 is 0 Å². The van der Waals surface area contributed by atoms with Crippen molar-refractivity contribution in [1.29, 1.82) is 0 Å². The monoisotopic (exact) mass is 543 g/mol. The van der Waals surface area contributed by atoms with Gasteiger partial charge in [-0.15, -0.1) is 5.10 Å². The number of benzene rings is 3. The van der Waals surface area contributed by atoms with E-state index in [-0.39, 0.29) is 17.6 Å². The number of hydrogen-bond donors (Lipinski definition) is 1. The number of ether oxygens (including phenoxy) is 1. The van der Waals surface area contributed by atoms with Gasteiger partial charge in [0.05, 0.1) is 12.9 Å². The number of amides is 2. The first-order chi connectivity index (χ1) is 19.0. The van der Waals surface area contributed by atoms with Crippen LogP contribution in [-0.2, 0) is 4.79 Å². The van der Waals surface area contributed by atoms with Gasteiger partial charge in [-0.2, -0.15) is 4.68 Å². The van der Waals surface area contributed by atoms with Crippen LogP contribution in [0.2, 0.25) is 0 Å². The van der Waals surface area contributed by atoms with Crippen molar-refractivity contribution in [2.75, 3.05) is 49.3 Å². The average Bonchev–Trinajstić information content (AvgIpc) is 3.45. The van der Waals surface area contributed by atoms with Gasteiger partial charge in [-0.05, 0) is 65.4 Å². The van der Waals surface area contributed by atoms with Crippen LogP contribution in [0.3, 0.4) is 0 Å². The van der Waals surface area contributed by atoms with Gasteiger partial charge in [0.15, 0.2) is 0 Å². The molecule has 1 aliphatic rings. The molecule has 11 heteroatoms. The standard InChI is InChI=1S/C28H29N7O3S/c1-20-7-3-4-8-23(20)27(37)34-17-15-33(16-18-34)22-13-11-21(12-14-22)29-26(36)19-39-28-30-31-32-35(28)24-9-5-6-10-25(24)38-2/h3-14H,15-19H2,1-2H3,(H,29,36). The van der Waals surface area contributed by atoms with E-state index in [0.29, 0.717) is 35.4 Å². The largest absolute Gasteiger partial charge is 0.494 e. The molecule has 0 atom stereocenters. The van der Waals surface area contributed by atoms with Gasteiger partial charge in [0.1, 0.15) is 11.4 Å². The SMILES string of the molecule is COc1ccccc1-n1nnnc1SCC(=O)Nc1ccc(N2CCN(C(=O)c3ccccc3C)CC2)cc1. The minimum Gasteiger partial charge on any atom is -0.494 e. The minimum atomic E-state index is -0.161. The number of aromatic nitrogens is 4. The highest BCUT2D eigenvalue weighted by molar-refractivity contribution is 7.99. The lowest BCUT2D eigenvalue weighted by Gasteiger charge is -2.36. The number of aryl methyl sites for hydroxylation is 1. The van der Waals surface area contributed by atoms with E-state index in [1.807, 2.05) is 84.6 Å². The van der Waals surface area contributed by atoms with Gasteiger partial charge in [0, 0.05) is 43.1 Å². The molecule has 0 bridgehead atoms. The van der Waals surface area contributed by atoms with E-state index in [1.54, 1.807) is 11.8 Å². The molecule has 39 heavy (non-hydrogen) atoms. The third-order valence-corrected chi connectivity index (χ3v) is 7.46. The third-order valence-electron chi connectivity index (χ3n) is 6.55. The van der Waals surface area contributed by atoms with Crippen molar-refractivity contribution in [1.82, 2.24) is 25.1 Å². The van der Waals surface area contributed by atoms with Crippen LogP contribution in [-0.4, -0.2) is 76.0 Å². The van der Waals surface area contributed by atoms with Gasteiger partial charge in [-0.25, -0.2) is 0 Å². The fourth-order valence-electron chi connectivity index (χ4n) is 4.46. The lowest BCUT2D eigenvalue weighted by atomic mass is 10.1. The molecule has 1 fully saturated rings. The highest BCUT2D eigenvalue weighted by Crippen LogP contribution is 2.26. The zero-order valence-electron chi connectivity index (χ0n) is 21.8. The molecule has 1 N–H and O–H groups in total. The Morgan fingerprint density at radius 3 is 2.41 bits per heavy atom. The van der Waals surface area contributed by atoms with Gasteiger partial charge >= 0.3 is 0 Å². The van der Waals surface area contributed by atoms with E-state index in [1.165, 1.54) is 11.8 Å². The van der Waals surface area contributed by atoms with Crippen LogP contribution in [0.5, 0.6) is 5.75 Å². The molecule has 0 aliphatic carbocycles. The average molecular weight is 544 g/mol. The van der Waals surface area contributed by atoms with Gasteiger partial charge in [-0.3, -0.25) is 9.59 Å². The van der Waals surface area contributed by atoms with Crippen molar-refractivity contribution in [2.24, 2.45) is 0 Å². The zero-order valence-corrected chi connectivity index (χ0v) is 22.6. The molecule has 0 radical (unpaired) electrons. The van der Waals surface area contributed by atoms with Crippen molar-refractivity contribution in [3.05, 3.63) is 83.9 Å². The topological polar surface area (TPSA) is 105 Å². The van der Waals surface area contributed by atoms with E-state index in [4.69, 9.17) is 4.74 Å². The van der Waals surface area contributed by atoms with Crippen LogP contribution < -0.4 is 15.0 Å². The van der Waals surface area contributed by atoms with Gasteiger partial charge in [0.25, 0.3) is 5.91 Å². The number of tetrazole rings is 1. The summed E-state index contributed by atoms with van der Waals surface area (Å²) in [7, 11) is 1.59. The minimum absolute atomic E-state index is 0.0839. The maximum atomic E-state index is 12.9. The van der Waals surface area contributed by atoms with E-state index in [2.05, 4.69) is 25.7 Å². The molecule has 0 spiro atoms. The molecule has 10 nitrogen and oxygen atoms in total. The number of para-hydroxylation sites is 2. The van der Waals surface area contributed by atoms with Crippen molar-refractivity contribution in [3.8, 4) is 11.4 Å². The van der Waals surface area contributed by atoms with E-state index >= 15 is 0 Å². The zero-order chi connectivity index (χ0) is 27.2. The molecule has 2 amide bonds. The number of carbonyl (C=O) groups excluding carboxylic acids is 2. The number of rotatable bonds is 8. The first-order valence-corrected chi connectivity index (χ1v) is 13.6. The normalized spacial score (nSPS) is 13.3. The van der Waals surface area contributed by atoms with Crippen molar-refractivity contribution >= 4 is 35.0 Å². The Balaban J connectivity index is 1.13. The van der Waals surface area contributed by atoms with Gasteiger partial charge in [-0.1, -0.05) is 42.1 Å². The lowest BCUT2D eigenvalue weighted by Crippen LogP contribution is -2.48. The quantitative estimate of drug-likeness (QED) is 0.336. The predicted octanol–water partition coefficient (Wildman–Crippen LogP) is 3.67. The second-order valence-corrected chi connectivity index (χ2v) is 9.97. The molecule has 2 heterocycles. The maximum absolute atomic E-state index is 12.9. The summed E-state index contributed by atoms with van der Waals surface area (Å²) in [6.07, 6.45) is 0. The van der Waals surface area contributed by atoms with Gasteiger partial charge in [0.2, 0.25) is 11.1 Å². The van der Waals surface area contributed by atoms with Crippen LogP contribution in [0.15, 0.2) is 78.0 Å². The summed E-state index contributed by atoms with van der Waals surface area (Å²) < 4.78 is 6.95. The van der Waals surface area contributed by atoms with E-state index in [0.717, 1.165) is 29.9 Å². The number of nitrogens with zero attached hydrogens (tertiary/aromatic N) is 6. The van der Waals surface area contributed by atoms with Gasteiger partial charge < -0.3 is 19.9 Å². The smallest absolute Gasteiger partial charge is 0.254 e. The Morgan fingerprint density at radius 2 is 1.67 bits per heavy atom. The Hall–Kier alpha value is -4.38. The molecule has 0 saturated carbocycles. The molecule has 4 aromatic rings. The second-order valence-electron chi connectivity index (χ2n) is 9.02. The summed E-state index contributed by atoms with van der Waals surface area (Å²) in [6, 6.07) is 22.9. The Bertz CT molecular complexity index is 1450. The lowest BCUT2D eigenvalue weighted by molar-refractivity contribution is -0.113. The number of thioether (sulfide) groups is 1. The van der Waals surface area contributed by atoms with Crippen LogP contribution >= 0.6 is 11.8 Å². The first kappa shape index (κ1) is 26.2. The molecule has 1 aromatic heterocycles. The molecular formula is C28H29N7O3S. The molecule has 3 aromatic carbocycles. The summed E-state index contributed by atoms with van der Waals surface area (Å²) in [6.45, 7) is 4.80. The number of carbonyl (C=O) groups is 2. The molecule has 0 unspecified atom stereocenters.